The summed E-state index contributed by atoms with van der Waals surface area (Å²) in [7, 11) is 0. The van der Waals surface area contributed by atoms with Gasteiger partial charge >= 0.3 is 0 Å². The molecule has 21 heavy (non-hydrogen) atoms. The Kier molecular flexibility index (Phi) is 4.61. The minimum absolute atomic E-state index is 0.0160. The van der Waals surface area contributed by atoms with Crippen LogP contribution >= 0.6 is 27.7 Å². The Morgan fingerprint density at radius 2 is 2.14 bits per heavy atom. The van der Waals surface area contributed by atoms with E-state index in [1.54, 1.807) is 11.8 Å². The maximum atomic E-state index is 5.93. The van der Waals surface area contributed by atoms with Crippen LogP contribution in [0.4, 0.5) is 0 Å². The van der Waals surface area contributed by atoms with E-state index < -0.39 is 0 Å². The Bertz CT molecular complexity index is 622. The molecular formula is C14H18BrN5S. The molecule has 1 atom stereocenters. The minimum Gasteiger partial charge on any atom is -0.324 e. The zero-order valence-electron chi connectivity index (χ0n) is 11.9. The molecule has 1 aliphatic rings. The van der Waals surface area contributed by atoms with Crippen molar-refractivity contribution in [3.8, 4) is 0 Å². The fourth-order valence-corrected chi connectivity index (χ4v) is 4.45. The van der Waals surface area contributed by atoms with Crippen molar-refractivity contribution in [1.29, 1.82) is 0 Å². The van der Waals surface area contributed by atoms with Crippen molar-refractivity contribution in [2.75, 3.05) is 0 Å². The van der Waals surface area contributed by atoms with Crippen LogP contribution in [-0.2, 0) is 0 Å². The summed E-state index contributed by atoms with van der Waals surface area (Å²) < 4.78 is 3.01. The van der Waals surface area contributed by atoms with Crippen molar-refractivity contribution < 1.29 is 0 Å². The van der Waals surface area contributed by atoms with Crippen LogP contribution in [0.15, 0.2) is 32.7 Å². The summed E-state index contributed by atoms with van der Waals surface area (Å²) in [5.74, 6) is 0. The molecule has 0 aliphatic heterocycles. The lowest BCUT2D eigenvalue weighted by atomic mass is 10.1. The lowest BCUT2D eigenvalue weighted by Gasteiger charge is -2.12. The third-order valence-electron chi connectivity index (χ3n) is 3.80. The number of rotatable bonds is 4. The summed E-state index contributed by atoms with van der Waals surface area (Å²) in [4.78, 5) is 1.11. The fraction of sp³-hybridized carbons (Fsp3) is 0.500. The Morgan fingerprint density at radius 1 is 1.38 bits per heavy atom. The van der Waals surface area contributed by atoms with Crippen molar-refractivity contribution in [3.05, 3.63) is 28.2 Å². The molecule has 2 N–H and O–H groups in total. The molecule has 7 heteroatoms. The van der Waals surface area contributed by atoms with Crippen LogP contribution in [0.5, 0.6) is 0 Å². The molecule has 5 nitrogen and oxygen atoms in total. The van der Waals surface area contributed by atoms with Crippen molar-refractivity contribution >= 4 is 27.7 Å². The molecule has 1 aliphatic carbocycles. The summed E-state index contributed by atoms with van der Waals surface area (Å²) in [6, 6.07) is 6.68. The Morgan fingerprint density at radius 3 is 2.81 bits per heavy atom. The van der Waals surface area contributed by atoms with Crippen molar-refractivity contribution in [1.82, 2.24) is 20.2 Å². The second-order valence-electron chi connectivity index (χ2n) is 5.42. The van der Waals surface area contributed by atoms with Crippen LogP contribution in [0.2, 0.25) is 0 Å². The van der Waals surface area contributed by atoms with Gasteiger partial charge in [0.25, 0.3) is 0 Å². The second-order valence-corrected chi connectivity index (χ2v) is 7.31. The first kappa shape index (κ1) is 15.0. The Balaban J connectivity index is 1.81. The lowest BCUT2D eigenvalue weighted by molar-refractivity contribution is 0.423. The number of tetrazole rings is 1. The summed E-state index contributed by atoms with van der Waals surface area (Å²) in [5, 5.41) is 13.0. The van der Waals surface area contributed by atoms with E-state index in [2.05, 4.69) is 49.7 Å². The predicted molar refractivity (Wildman–Crippen MR) is 86.2 cm³/mol. The zero-order chi connectivity index (χ0) is 14.8. The number of benzene rings is 1. The summed E-state index contributed by atoms with van der Waals surface area (Å²) in [6.45, 7) is 1.98. The highest BCUT2D eigenvalue weighted by Crippen LogP contribution is 2.35. The maximum absolute atomic E-state index is 5.93. The first-order valence-corrected chi connectivity index (χ1v) is 8.77. The normalized spacial score (nSPS) is 17.3. The zero-order valence-corrected chi connectivity index (χ0v) is 14.3. The van der Waals surface area contributed by atoms with Gasteiger partial charge in [-0.1, -0.05) is 34.8 Å². The number of aromatic nitrogens is 4. The van der Waals surface area contributed by atoms with Crippen LogP contribution in [0.1, 0.15) is 50.3 Å². The van der Waals surface area contributed by atoms with Gasteiger partial charge in [-0.15, -0.1) is 5.10 Å². The van der Waals surface area contributed by atoms with Gasteiger partial charge in [-0.3, -0.25) is 0 Å². The molecule has 1 fully saturated rings. The number of halogens is 1. The van der Waals surface area contributed by atoms with Crippen molar-refractivity contribution in [3.63, 3.8) is 0 Å². The van der Waals surface area contributed by atoms with E-state index >= 15 is 0 Å². The predicted octanol–water partition coefficient (Wildman–Crippen LogP) is 3.72. The van der Waals surface area contributed by atoms with Crippen molar-refractivity contribution in [2.45, 2.75) is 54.7 Å². The number of hydrogen-bond acceptors (Lipinski definition) is 5. The van der Waals surface area contributed by atoms with Gasteiger partial charge < -0.3 is 5.73 Å². The molecular weight excluding hydrogens is 350 g/mol. The molecule has 112 valence electrons. The molecule has 1 aromatic carbocycles. The van der Waals surface area contributed by atoms with Crippen molar-refractivity contribution in [2.24, 2.45) is 5.73 Å². The number of hydrogen-bond donors (Lipinski definition) is 1. The second kappa shape index (κ2) is 6.46. The van der Waals surface area contributed by atoms with Crippen LogP contribution in [0.3, 0.4) is 0 Å². The number of nitrogens with two attached hydrogens (primary N) is 1. The number of nitrogens with zero attached hydrogens (tertiary/aromatic N) is 4. The van der Waals surface area contributed by atoms with E-state index in [-0.39, 0.29) is 6.04 Å². The Labute approximate surface area is 136 Å². The molecule has 2 aromatic rings. The van der Waals surface area contributed by atoms with E-state index in [1.165, 1.54) is 25.7 Å². The third kappa shape index (κ3) is 3.30. The smallest absolute Gasteiger partial charge is 0.214 e. The summed E-state index contributed by atoms with van der Waals surface area (Å²) in [6.07, 6.45) is 4.88. The maximum Gasteiger partial charge on any atom is 0.214 e. The first-order chi connectivity index (χ1) is 10.1. The molecule has 0 saturated heterocycles. The van der Waals surface area contributed by atoms with Crippen LogP contribution in [0, 0.1) is 0 Å². The molecule has 1 heterocycles. The SMILES string of the molecule is C[C@@H](N)c1ccc(Sc2nnnn2C2CCCC2)cc1Br. The molecule has 0 radical (unpaired) electrons. The monoisotopic (exact) mass is 367 g/mol. The summed E-state index contributed by atoms with van der Waals surface area (Å²) >= 11 is 5.18. The van der Waals surface area contributed by atoms with Gasteiger partial charge in [0.1, 0.15) is 0 Å². The summed E-state index contributed by atoms with van der Waals surface area (Å²) in [5.41, 5.74) is 7.04. The quantitative estimate of drug-likeness (QED) is 0.891. The van der Waals surface area contributed by atoms with E-state index in [9.17, 15) is 0 Å². The first-order valence-electron chi connectivity index (χ1n) is 7.16. The van der Waals surface area contributed by atoms with E-state index in [1.807, 2.05) is 11.6 Å². The highest BCUT2D eigenvalue weighted by Gasteiger charge is 2.22. The van der Waals surface area contributed by atoms with E-state index in [0.717, 1.165) is 20.1 Å². The van der Waals surface area contributed by atoms with Crippen LogP contribution in [0.25, 0.3) is 0 Å². The highest BCUT2D eigenvalue weighted by atomic mass is 79.9. The largest absolute Gasteiger partial charge is 0.324 e. The third-order valence-corrected chi connectivity index (χ3v) is 5.43. The van der Waals surface area contributed by atoms with Gasteiger partial charge in [-0.05, 0) is 59.7 Å². The minimum atomic E-state index is 0.0160. The molecule has 0 bridgehead atoms. The standard InChI is InChI=1S/C14H18BrN5S/c1-9(16)12-7-6-11(8-13(12)15)21-14-17-18-19-20(14)10-4-2-3-5-10/h6-10H,2-5,16H2,1H3/t9-/m1/s1. The highest BCUT2D eigenvalue weighted by molar-refractivity contribution is 9.10. The van der Waals surface area contributed by atoms with Gasteiger partial charge in [0.2, 0.25) is 5.16 Å². The molecule has 0 spiro atoms. The average Bonchev–Trinajstić information content (AvgIpc) is 3.08. The van der Waals surface area contributed by atoms with Gasteiger partial charge in [0.15, 0.2) is 0 Å². The molecule has 1 aromatic heterocycles. The van der Waals surface area contributed by atoms with E-state index in [4.69, 9.17) is 5.73 Å². The van der Waals surface area contributed by atoms with Gasteiger partial charge in [0.05, 0.1) is 6.04 Å². The van der Waals surface area contributed by atoms with Crippen LogP contribution in [-0.4, -0.2) is 20.2 Å². The molecule has 3 rings (SSSR count). The molecule has 0 amide bonds. The lowest BCUT2D eigenvalue weighted by Crippen LogP contribution is -2.08. The molecule has 1 saturated carbocycles. The average molecular weight is 368 g/mol. The Hall–Kier alpha value is -0.920. The van der Waals surface area contributed by atoms with Crippen LogP contribution < -0.4 is 5.73 Å². The van der Waals surface area contributed by atoms with Gasteiger partial charge in [0, 0.05) is 15.4 Å². The molecule has 0 unspecified atom stereocenters. The topological polar surface area (TPSA) is 69.6 Å². The van der Waals surface area contributed by atoms with Gasteiger partial charge in [-0.25, -0.2) is 4.68 Å². The van der Waals surface area contributed by atoms with E-state index in [0.29, 0.717) is 6.04 Å². The van der Waals surface area contributed by atoms with Gasteiger partial charge in [-0.2, -0.15) is 0 Å². The fourth-order valence-electron chi connectivity index (χ4n) is 2.68.